The van der Waals surface area contributed by atoms with E-state index in [1.807, 2.05) is 29.0 Å². The van der Waals surface area contributed by atoms with Crippen molar-refractivity contribution in [2.24, 2.45) is 18.4 Å². The molecule has 0 spiro atoms. The highest BCUT2D eigenvalue weighted by molar-refractivity contribution is 5.74. The van der Waals surface area contributed by atoms with Crippen molar-refractivity contribution in [2.75, 3.05) is 6.54 Å². The summed E-state index contributed by atoms with van der Waals surface area (Å²) in [6, 6.07) is -0.0473. The van der Waals surface area contributed by atoms with Crippen LogP contribution >= 0.6 is 0 Å². The van der Waals surface area contributed by atoms with Gasteiger partial charge in [0.05, 0.1) is 19.3 Å². The number of nitrogens with one attached hydrogen (secondary N) is 1. The zero-order valence-corrected chi connectivity index (χ0v) is 16.5. The van der Waals surface area contributed by atoms with Crippen molar-refractivity contribution in [3.63, 3.8) is 0 Å². The third kappa shape index (κ3) is 4.08. The number of urea groups is 1. The van der Waals surface area contributed by atoms with Crippen LogP contribution in [0.4, 0.5) is 4.79 Å². The molecule has 0 aliphatic carbocycles. The van der Waals surface area contributed by atoms with Crippen molar-refractivity contribution >= 4 is 6.03 Å². The lowest BCUT2D eigenvalue weighted by atomic mass is 9.87. The van der Waals surface area contributed by atoms with E-state index in [0.29, 0.717) is 25.6 Å². The van der Waals surface area contributed by atoms with Gasteiger partial charge in [-0.15, -0.1) is 0 Å². The largest absolute Gasteiger partial charge is 0.333 e. The molecule has 26 heavy (non-hydrogen) atoms. The first kappa shape index (κ1) is 18.5. The number of hydrogen-bond donors (Lipinski definition) is 1. The van der Waals surface area contributed by atoms with Gasteiger partial charge in [0.25, 0.3) is 0 Å². The highest BCUT2D eigenvalue weighted by Gasteiger charge is 2.32. The van der Waals surface area contributed by atoms with Gasteiger partial charge in [0, 0.05) is 43.8 Å². The molecule has 1 aliphatic rings. The third-order valence-electron chi connectivity index (χ3n) is 4.82. The molecular formula is C19H30N6O. The number of amides is 2. The summed E-state index contributed by atoms with van der Waals surface area (Å²) in [6.45, 7) is 11.4. The molecule has 0 aromatic carbocycles. The first-order valence-corrected chi connectivity index (χ1v) is 9.28. The molecule has 0 bridgehead atoms. The Balaban J connectivity index is 1.69. The first-order valence-electron chi connectivity index (χ1n) is 9.28. The van der Waals surface area contributed by atoms with Crippen molar-refractivity contribution in [2.45, 2.75) is 53.8 Å². The Labute approximate surface area is 155 Å². The number of carbonyl (C=O) groups excluding carboxylic acids is 1. The highest BCUT2D eigenvalue weighted by Crippen LogP contribution is 2.29. The van der Waals surface area contributed by atoms with Gasteiger partial charge in [0.2, 0.25) is 0 Å². The molecule has 7 heteroatoms. The summed E-state index contributed by atoms with van der Waals surface area (Å²) in [5, 5.41) is 7.42. The molecule has 2 amide bonds. The van der Waals surface area contributed by atoms with Crippen LogP contribution in [0.5, 0.6) is 0 Å². The van der Waals surface area contributed by atoms with E-state index in [2.05, 4.69) is 47.7 Å². The maximum Gasteiger partial charge on any atom is 0.318 e. The topological polar surface area (TPSA) is 68.0 Å². The Morgan fingerprint density at radius 1 is 1.38 bits per heavy atom. The van der Waals surface area contributed by atoms with Gasteiger partial charge in [0.1, 0.15) is 5.82 Å². The van der Waals surface area contributed by atoms with Gasteiger partial charge in [-0.05, 0) is 17.8 Å². The average molecular weight is 358 g/mol. The van der Waals surface area contributed by atoms with Crippen LogP contribution in [0.1, 0.15) is 44.8 Å². The molecule has 0 saturated heterocycles. The van der Waals surface area contributed by atoms with Crippen LogP contribution < -0.4 is 5.32 Å². The van der Waals surface area contributed by atoms with Gasteiger partial charge < -0.3 is 14.8 Å². The summed E-state index contributed by atoms with van der Waals surface area (Å²) in [6.07, 6.45) is 6.56. The number of hydrogen-bond acceptors (Lipinski definition) is 3. The Morgan fingerprint density at radius 2 is 2.15 bits per heavy atom. The van der Waals surface area contributed by atoms with E-state index in [4.69, 9.17) is 0 Å². The van der Waals surface area contributed by atoms with Gasteiger partial charge >= 0.3 is 6.03 Å². The average Bonchev–Trinajstić information content (AvgIpc) is 3.07. The molecule has 0 radical (unpaired) electrons. The molecular weight excluding hydrogens is 328 g/mol. The normalized spacial score (nSPS) is 16.5. The van der Waals surface area contributed by atoms with Crippen LogP contribution in [0, 0.1) is 11.3 Å². The molecule has 0 saturated carbocycles. The quantitative estimate of drug-likeness (QED) is 0.913. The zero-order valence-electron chi connectivity index (χ0n) is 16.5. The minimum absolute atomic E-state index is 0.00644. The minimum atomic E-state index is -0.0473. The van der Waals surface area contributed by atoms with E-state index >= 15 is 0 Å². The van der Waals surface area contributed by atoms with Gasteiger partial charge in [0.15, 0.2) is 0 Å². The summed E-state index contributed by atoms with van der Waals surface area (Å²) in [5.74, 6) is 1.43. The van der Waals surface area contributed by atoms with Gasteiger partial charge in [-0.2, -0.15) is 5.10 Å². The molecule has 1 N–H and O–H groups in total. The third-order valence-corrected chi connectivity index (χ3v) is 4.82. The second-order valence-corrected chi connectivity index (χ2v) is 8.49. The van der Waals surface area contributed by atoms with E-state index < -0.39 is 0 Å². The van der Waals surface area contributed by atoms with Crippen molar-refractivity contribution in [3.05, 3.63) is 35.7 Å². The maximum absolute atomic E-state index is 12.8. The fraction of sp³-hybridized carbons (Fsp3) is 0.632. The maximum atomic E-state index is 12.8. The van der Waals surface area contributed by atoms with Crippen LogP contribution in [0.15, 0.2) is 18.6 Å². The summed E-state index contributed by atoms with van der Waals surface area (Å²) in [7, 11) is 1.97. The monoisotopic (exact) mass is 358 g/mol. The summed E-state index contributed by atoms with van der Waals surface area (Å²) in [4.78, 5) is 19.1. The smallest absolute Gasteiger partial charge is 0.318 e. The molecule has 2 aromatic heterocycles. The van der Waals surface area contributed by atoms with Crippen LogP contribution in [0.2, 0.25) is 0 Å². The Morgan fingerprint density at radius 3 is 2.88 bits per heavy atom. The molecule has 3 rings (SSSR count). The number of rotatable bonds is 4. The Hall–Kier alpha value is -2.31. The molecule has 2 aromatic rings. The lowest BCUT2D eigenvalue weighted by molar-refractivity contribution is 0.167. The van der Waals surface area contributed by atoms with Crippen LogP contribution in [0.3, 0.4) is 0 Å². The van der Waals surface area contributed by atoms with E-state index in [9.17, 15) is 4.79 Å². The fourth-order valence-corrected chi connectivity index (χ4v) is 3.63. The second-order valence-electron chi connectivity index (χ2n) is 8.49. The van der Waals surface area contributed by atoms with Gasteiger partial charge in [-0.3, -0.25) is 4.68 Å². The number of carbonyl (C=O) groups is 1. The molecule has 0 unspecified atom stereocenters. The summed E-state index contributed by atoms with van der Waals surface area (Å²) < 4.78 is 4.04. The van der Waals surface area contributed by atoms with Crippen molar-refractivity contribution < 1.29 is 4.79 Å². The number of aryl methyl sites for hydroxylation is 1. The molecule has 1 aliphatic heterocycles. The second kappa shape index (κ2) is 7.13. The molecule has 7 nitrogen and oxygen atoms in total. The van der Waals surface area contributed by atoms with E-state index in [1.54, 1.807) is 6.20 Å². The van der Waals surface area contributed by atoms with E-state index in [-0.39, 0.29) is 11.4 Å². The first-order chi connectivity index (χ1) is 12.2. The molecule has 0 atom stereocenters. The standard InChI is InChI=1S/C19H30N6O/c1-14(2)11-24-7-6-20-17(24)10-21-18(26)25-12-15-9-22-23(5)16(15)8-19(3,4)13-25/h6-7,9,14H,8,10-13H2,1-5H3,(H,21,26). The lowest BCUT2D eigenvalue weighted by Crippen LogP contribution is -2.43. The number of aromatic nitrogens is 4. The summed E-state index contributed by atoms with van der Waals surface area (Å²) >= 11 is 0. The van der Waals surface area contributed by atoms with Crippen LogP contribution in [-0.2, 0) is 33.1 Å². The predicted molar refractivity (Wildman–Crippen MR) is 100 cm³/mol. The fourth-order valence-electron chi connectivity index (χ4n) is 3.63. The van der Waals surface area contributed by atoms with Crippen molar-refractivity contribution in [1.29, 1.82) is 0 Å². The molecule has 0 fully saturated rings. The lowest BCUT2D eigenvalue weighted by Gasteiger charge is -2.29. The van der Waals surface area contributed by atoms with Crippen molar-refractivity contribution in [3.8, 4) is 0 Å². The number of imidazole rings is 1. The van der Waals surface area contributed by atoms with Gasteiger partial charge in [-0.1, -0.05) is 27.7 Å². The van der Waals surface area contributed by atoms with E-state index in [1.165, 1.54) is 5.69 Å². The number of nitrogens with zero attached hydrogens (tertiary/aromatic N) is 5. The minimum Gasteiger partial charge on any atom is -0.333 e. The zero-order chi connectivity index (χ0) is 18.9. The number of fused-ring (bicyclic) bond motifs is 1. The molecule has 3 heterocycles. The van der Waals surface area contributed by atoms with Crippen LogP contribution in [0.25, 0.3) is 0 Å². The SMILES string of the molecule is CC(C)Cn1ccnc1CNC(=O)N1Cc2cnn(C)c2CC(C)(C)C1. The highest BCUT2D eigenvalue weighted by atomic mass is 16.2. The predicted octanol–water partition coefficient (Wildman–Crippen LogP) is 2.57. The summed E-state index contributed by atoms with van der Waals surface area (Å²) in [5.41, 5.74) is 2.36. The Bertz CT molecular complexity index is 773. The van der Waals surface area contributed by atoms with Crippen LogP contribution in [-0.4, -0.2) is 36.8 Å². The molecule has 142 valence electrons. The van der Waals surface area contributed by atoms with E-state index in [0.717, 1.165) is 24.4 Å². The van der Waals surface area contributed by atoms with Gasteiger partial charge in [-0.25, -0.2) is 9.78 Å². The Kier molecular flexibility index (Phi) is 5.07. The van der Waals surface area contributed by atoms with Crippen molar-refractivity contribution in [1.82, 2.24) is 29.5 Å².